The summed E-state index contributed by atoms with van der Waals surface area (Å²) in [5.74, 6) is 0.898. The van der Waals surface area contributed by atoms with Crippen LogP contribution in [0, 0.1) is 0 Å². The zero-order valence-electron chi connectivity index (χ0n) is 10.3. The molecule has 2 N–H and O–H groups in total. The monoisotopic (exact) mass is 253 g/mol. The van der Waals surface area contributed by atoms with Crippen molar-refractivity contribution in [1.82, 2.24) is 4.98 Å². The Morgan fingerprint density at radius 3 is 3.00 bits per heavy atom. The van der Waals surface area contributed by atoms with Crippen LogP contribution in [0.1, 0.15) is 39.0 Å². The first-order valence-corrected chi connectivity index (χ1v) is 6.78. The molecular formula is C13H20ClN3. The summed E-state index contributed by atoms with van der Waals surface area (Å²) in [4.78, 5) is 6.77. The highest BCUT2D eigenvalue weighted by Crippen LogP contribution is 2.30. The standard InChI is InChI=1S/C13H20ClN3/c1-2-11-6-4-3-5-7-17(11)13-12(14)8-10(15)9-16-13/h8-9,11H,2-7,15H2,1H3. The molecule has 0 aliphatic carbocycles. The number of rotatable bonds is 2. The van der Waals surface area contributed by atoms with E-state index >= 15 is 0 Å². The lowest BCUT2D eigenvalue weighted by atomic mass is 10.1. The molecule has 1 aliphatic heterocycles. The van der Waals surface area contributed by atoms with Crippen molar-refractivity contribution in [2.45, 2.75) is 45.1 Å². The van der Waals surface area contributed by atoms with Crippen molar-refractivity contribution >= 4 is 23.1 Å². The van der Waals surface area contributed by atoms with E-state index in [4.69, 9.17) is 17.3 Å². The average Bonchev–Trinajstić information content (AvgIpc) is 2.54. The fourth-order valence-electron chi connectivity index (χ4n) is 2.54. The van der Waals surface area contributed by atoms with Crippen molar-refractivity contribution in [3.63, 3.8) is 0 Å². The first-order valence-electron chi connectivity index (χ1n) is 6.40. The topological polar surface area (TPSA) is 42.2 Å². The maximum atomic E-state index is 6.25. The van der Waals surface area contributed by atoms with Crippen molar-refractivity contribution in [3.05, 3.63) is 17.3 Å². The van der Waals surface area contributed by atoms with Gasteiger partial charge in [0.25, 0.3) is 0 Å². The molecule has 0 amide bonds. The van der Waals surface area contributed by atoms with E-state index in [1.807, 2.05) is 0 Å². The Morgan fingerprint density at radius 1 is 1.47 bits per heavy atom. The third-order valence-electron chi connectivity index (χ3n) is 3.46. The summed E-state index contributed by atoms with van der Waals surface area (Å²) < 4.78 is 0. The minimum Gasteiger partial charge on any atom is -0.397 e. The minimum absolute atomic E-state index is 0.561. The van der Waals surface area contributed by atoms with Gasteiger partial charge in [-0.05, 0) is 25.3 Å². The van der Waals surface area contributed by atoms with Crippen LogP contribution in [0.3, 0.4) is 0 Å². The van der Waals surface area contributed by atoms with Crippen molar-refractivity contribution in [2.24, 2.45) is 0 Å². The summed E-state index contributed by atoms with van der Waals surface area (Å²) in [7, 11) is 0. The predicted molar refractivity (Wildman–Crippen MR) is 73.6 cm³/mol. The van der Waals surface area contributed by atoms with Gasteiger partial charge in [0, 0.05) is 12.6 Å². The number of hydrogen-bond donors (Lipinski definition) is 1. The Morgan fingerprint density at radius 2 is 2.29 bits per heavy atom. The van der Waals surface area contributed by atoms with Crippen LogP contribution >= 0.6 is 11.6 Å². The second kappa shape index (κ2) is 5.58. The van der Waals surface area contributed by atoms with Gasteiger partial charge in [0.2, 0.25) is 0 Å². The molecule has 1 unspecified atom stereocenters. The molecule has 0 saturated carbocycles. The molecule has 2 heterocycles. The molecule has 1 aromatic heterocycles. The molecule has 0 aromatic carbocycles. The number of nitrogens with zero attached hydrogens (tertiary/aromatic N) is 2. The van der Waals surface area contributed by atoms with Crippen LogP contribution in [0.5, 0.6) is 0 Å². The van der Waals surface area contributed by atoms with Crippen molar-refractivity contribution in [1.29, 1.82) is 0 Å². The summed E-state index contributed by atoms with van der Waals surface area (Å²) in [6, 6.07) is 2.35. The number of hydrogen-bond acceptors (Lipinski definition) is 3. The highest BCUT2D eigenvalue weighted by molar-refractivity contribution is 6.33. The van der Waals surface area contributed by atoms with Crippen LogP contribution in [-0.2, 0) is 0 Å². The van der Waals surface area contributed by atoms with E-state index in [9.17, 15) is 0 Å². The molecule has 94 valence electrons. The van der Waals surface area contributed by atoms with Gasteiger partial charge in [-0.1, -0.05) is 31.4 Å². The quantitative estimate of drug-likeness (QED) is 0.878. The first kappa shape index (κ1) is 12.5. The average molecular weight is 254 g/mol. The second-order valence-corrected chi connectivity index (χ2v) is 5.09. The first-order chi connectivity index (χ1) is 8.22. The molecular weight excluding hydrogens is 234 g/mol. The zero-order valence-corrected chi connectivity index (χ0v) is 11.1. The molecule has 1 atom stereocenters. The van der Waals surface area contributed by atoms with Crippen LogP contribution in [0.25, 0.3) is 0 Å². The molecule has 17 heavy (non-hydrogen) atoms. The molecule has 4 heteroatoms. The van der Waals surface area contributed by atoms with Gasteiger partial charge < -0.3 is 10.6 Å². The van der Waals surface area contributed by atoms with Crippen LogP contribution in [0.15, 0.2) is 12.3 Å². The van der Waals surface area contributed by atoms with Crippen LogP contribution in [0.4, 0.5) is 11.5 Å². The van der Waals surface area contributed by atoms with Crippen molar-refractivity contribution in [3.8, 4) is 0 Å². The molecule has 1 aliphatic rings. The van der Waals surface area contributed by atoms with Gasteiger partial charge in [0.05, 0.1) is 16.9 Å². The molecule has 2 rings (SSSR count). The van der Waals surface area contributed by atoms with Gasteiger partial charge in [0.1, 0.15) is 5.82 Å². The Balaban J connectivity index is 2.28. The summed E-state index contributed by atoms with van der Waals surface area (Å²) in [6.07, 6.45) is 7.90. The Bertz CT molecular complexity index is 381. The Kier molecular flexibility index (Phi) is 4.11. The van der Waals surface area contributed by atoms with Crippen LogP contribution < -0.4 is 10.6 Å². The lowest BCUT2D eigenvalue weighted by molar-refractivity contribution is 0.552. The van der Waals surface area contributed by atoms with E-state index in [2.05, 4.69) is 16.8 Å². The summed E-state index contributed by atoms with van der Waals surface area (Å²) in [5.41, 5.74) is 6.32. The zero-order chi connectivity index (χ0) is 12.3. The number of pyridine rings is 1. The number of nitrogens with two attached hydrogens (primary N) is 1. The van der Waals surface area contributed by atoms with Gasteiger partial charge in [0.15, 0.2) is 0 Å². The van der Waals surface area contributed by atoms with E-state index in [0.29, 0.717) is 16.8 Å². The third kappa shape index (κ3) is 2.83. The van der Waals surface area contributed by atoms with Gasteiger partial charge in [-0.15, -0.1) is 0 Å². The van der Waals surface area contributed by atoms with E-state index in [1.54, 1.807) is 12.3 Å². The van der Waals surface area contributed by atoms with Crippen LogP contribution in [0.2, 0.25) is 5.02 Å². The number of nitrogen functional groups attached to an aromatic ring is 1. The van der Waals surface area contributed by atoms with Crippen LogP contribution in [-0.4, -0.2) is 17.6 Å². The maximum absolute atomic E-state index is 6.25. The minimum atomic E-state index is 0.561. The predicted octanol–water partition coefficient (Wildman–Crippen LogP) is 3.48. The molecule has 1 aromatic rings. The normalized spacial score (nSPS) is 21.3. The molecule has 0 radical (unpaired) electrons. The highest BCUT2D eigenvalue weighted by Gasteiger charge is 2.22. The fourth-order valence-corrected chi connectivity index (χ4v) is 2.82. The summed E-state index contributed by atoms with van der Waals surface area (Å²) in [5, 5.41) is 0.672. The molecule has 1 fully saturated rings. The fraction of sp³-hybridized carbons (Fsp3) is 0.615. The summed E-state index contributed by atoms with van der Waals surface area (Å²) >= 11 is 6.25. The van der Waals surface area contributed by atoms with Gasteiger partial charge in [-0.3, -0.25) is 0 Å². The lowest BCUT2D eigenvalue weighted by Crippen LogP contribution is -2.35. The van der Waals surface area contributed by atoms with Gasteiger partial charge in [-0.25, -0.2) is 4.98 Å². The van der Waals surface area contributed by atoms with Crippen molar-refractivity contribution < 1.29 is 0 Å². The maximum Gasteiger partial charge on any atom is 0.147 e. The van der Waals surface area contributed by atoms with Gasteiger partial charge >= 0.3 is 0 Å². The number of aromatic nitrogens is 1. The van der Waals surface area contributed by atoms with E-state index < -0.39 is 0 Å². The number of anilines is 2. The van der Waals surface area contributed by atoms with E-state index in [0.717, 1.165) is 18.8 Å². The lowest BCUT2D eigenvalue weighted by Gasteiger charge is -2.31. The third-order valence-corrected chi connectivity index (χ3v) is 3.74. The SMILES string of the molecule is CCC1CCCCCN1c1ncc(N)cc1Cl. The Hall–Kier alpha value is -0.960. The molecule has 0 spiro atoms. The summed E-state index contributed by atoms with van der Waals surface area (Å²) in [6.45, 7) is 3.28. The second-order valence-electron chi connectivity index (χ2n) is 4.68. The molecule has 1 saturated heterocycles. The van der Waals surface area contributed by atoms with E-state index in [1.165, 1.54) is 25.7 Å². The molecule has 0 bridgehead atoms. The largest absolute Gasteiger partial charge is 0.397 e. The Labute approximate surface area is 108 Å². The molecule has 3 nitrogen and oxygen atoms in total. The van der Waals surface area contributed by atoms with Gasteiger partial charge in [-0.2, -0.15) is 0 Å². The number of halogens is 1. The van der Waals surface area contributed by atoms with Crippen molar-refractivity contribution in [2.75, 3.05) is 17.2 Å². The smallest absolute Gasteiger partial charge is 0.147 e. The van der Waals surface area contributed by atoms with E-state index in [-0.39, 0.29) is 0 Å². The highest BCUT2D eigenvalue weighted by atomic mass is 35.5.